The van der Waals surface area contributed by atoms with Gasteiger partial charge in [-0.25, -0.2) is 13.2 Å². The maximum atomic E-state index is 13.5. The Kier molecular flexibility index (Phi) is 5.19. The number of anilines is 1. The number of hydrogen-bond acceptors (Lipinski definition) is 3. The predicted octanol–water partition coefficient (Wildman–Crippen LogP) is 2.06. The van der Waals surface area contributed by atoms with E-state index in [0.717, 1.165) is 25.1 Å². The summed E-state index contributed by atoms with van der Waals surface area (Å²) in [4.78, 5) is 12.1. The number of nitrogens with one attached hydrogen (secondary N) is 2. The molecular formula is C14H17F3N2O2. The molecule has 2 rings (SSSR count). The molecule has 0 aromatic heterocycles. The van der Waals surface area contributed by atoms with Gasteiger partial charge >= 0.3 is 0 Å². The Bertz CT molecular complexity index is 525. The lowest BCUT2D eigenvalue weighted by Crippen LogP contribution is -2.41. The van der Waals surface area contributed by atoms with Crippen molar-refractivity contribution in [2.75, 3.05) is 25.1 Å². The summed E-state index contributed by atoms with van der Waals surface area (Å²) in [7, 11) is 0. The molecule has 1 aromatic rings. The molecule has 0 radical (unpaired) electrons. The third-order valence-electron chi connectivity index (χ3n) is 3.37. The Morgan fingerprint density at radius 2 is 2.05 bits per heavy atom. The van der Waals surface area contributed by atoms with Gasteiger partial charge in [0.25, 0.3) is 0 Å². The third-order valence-corrected chi connectivity index (χ3v) is 3.37. The lowest BCUT2D eigenvalue weighted by atomic mass is 10.0. The minimum Gasteiger partial charge on any atom is -0.379 e. The minimum atomic E-state index is -1.60. The van der Waals surface area contributed by atoms with E-state index in [1.54, 1.807) is 0 Å². The Hall–Kier alpha value is -1.60. The smallest absolute Gasteiger partial charge is 0.231 e. The van der Waals surface area contributed by atoms with E-state index in [-0.39, 0.29) is 18.3 Å². The van der Waals surface area contributed by atoms with Crippen molar-refractivity contribution in [2.45, 2.75) is 19.4 Å². The molecule has 7 heteroatoms. The first-order valence-electron chi connectivity index (χ1n) is 6.80. The summed E-state index contributed by atoms with van der Waals surface area (Å²) in [6, 6.07) is 1.60. The SMILES string of the molecule is CCCNC1COCC1C(=O)Nc1ccc(F)c(F)c1F. The van der Waals surface area contributed by atoms with Crippen molar-refractivity contribution < 1.29 is 22.7 Å². The molecule has 21 heavy (non-hydrogen) atoms. The Morgan fingerprint density at radius 3 is 2.76 bits per heavy atom. The first-order valence-corrected chi connectivity index (χ1v) is 6.80. The van der Waals surface area contributed by atoms with E-state index in [2.05, 4.69) is 10.6 Å². The van der Waals surface area contributed by atoms with E-state index in [9.17, 15) is 18.0 Å². The van der Waals surface area contributed by atoms with Crippen molar-refractivity contribution in [3.05, 3.63) is 29.6 Å². The molecule has 1 saturated heterocycles. The molecule has 4 nitrogen and oxygen atoms in total. The highest BCUT2D eigenvalue weighted by Gasteiger charge is 2.34. The van der Waals surface area contributed by atoms with Crippen LogP contribution in [-0.4, -0.2) is 31.7 Å². The topological polar surface area (TPSA) is 50.4 Å². The minimum absolute atomic E-state index is 0.168. The second-order valence-corrected chi connectivity index (χ2v) is 4.92. The lowest BCUT2D eigenvalue weighted by Gasteiger charge is -2.18. The van der Waals surface area contributed by atoms with Gasteiger partial charge in [-0.3, -0.25) is 4.79 Å². The van der Waals surface area contributed by atoms with Crippen molar-refractivity contribution in [3.63, 3.8) is 0 Å². The summed E-state index contributed by atoms with van der Waals surface area (Å²) < 4.78 is 44.7. The van der Waals surface area contributed by atoms with Crippen molar-refractivity contribution in [1.82, 2.24) is 5.32 Å². The second-order valence-electron chi connectivity index (χ2n) is 4.92. The number of hydrogen-bond donors (Lipinski definition) is 2. The number of carbonyl (C=O) groups is 1. The molecule has 1 aliphatic heterocycles. The zero-order valence-electron chi connectivity index (χ0n) is 11.6. The Morgan fingerprint density at radius 1 is 1.29 bits per heavy atom. The maximum absolute atomic E-state index is 13.5. The molecule has 2 atom stereocenters. The van der Waals surface area contributed by atoms with Crippen LogP contribution in [-0.2, 0) is 9.53 Å². The van der Waals surface area contributed by atoms with Crippen LogP contribution in [0.1, 0.15) is 13.3 Å². The molecule has 1 fully saturated rings. The first kappa shape index (κ1) is 15.8. The monoisotopic (exact) mass is 302 g/mol. The number of halogens is 3. The van der Waals surface area contributed by atoms with Crippen molar-refractivity contribution in [3.8, 4) is 0 Å². The van der Waals surface area contributed by atoms with Crippen LogP contribution in [0.2, 0.25) is 0 Å². The summed E-state index contributed by atoms with van der Waals surface area (Å²) in [5.74, 6) is -5.27. The summed E-state index contributed by atoms with van der Waals surface area (Å²) in [5.41, 5.74) is -0.375. The summed E-state index contributed by atoms with van der Waals surface area (Å²) in [6.45, 7) is 3.32. The largest absolute Gasteiger partial charge is 0.379 e. The fourth-order valence-corrected chi connectivity index (χ4v) is 2.19. The second kappa shape index (κ2) is 6.91. The summed E-state index contributed by atoms with van der Waals surface area (Å²) in [5, 5.41) is 5.46. The summed E-state index contributed by atoms with van der Waals surface area (Å²) in [6.07, 6.45) is 0.905. The lowest BCUT2D eigenvalue weighted by molar-refractivity contribution is -0.120. The highest BCUT2D eigenvalue weighted by molar-refractivity contribution is 5.93. The van der Waals surface area contributed by atoms with E-state index in [0.29, 0.717) is 6.61 Å². The van der Waals surface area contributed by atoms with Gasteiger partial charge in [0, 0.05) is 6.04 Å². The van der Waals surface area contributed by atoms with Crippen LogP contribution in [0, 0.1) is 23.4 Å². The predicted molar refractivity (Wildman–Crippen MR) is 71.3 cm³/mol. The molecule has 1 amide bonds. The van der Waals surface area contributed by atoms with E-state index < -0.39 is 29.3 Å². The van der Waals surface area contributed by atoms with Crippen molar-refractivity contribution in [2.24, 2.45) is 5.92 Å². The van der Waals surface area contributed by atoms with Gasteiger partial charge in [-0.1, -0.05) is 6.92 Å². The number of benzene rings is 1. The molecule has 1 aromatic carbocycles. The molecule has 2 N–H and O–H groups in total. The zero-order chi connectivity index (χ0) is 15.4. The van der Waals surface area contributed by atoms with Gasteiger partial charge in [0.1, 0.15) is 0 Å². The van der Waals surface area contributed by atoms with Crippen LogP contribution in [0.4, 0.5) is 18.9 Å². The number of amides is 1. The quantitative estimate of drug-likeness (QED) is 0.819. The van der Waals surface area contributed by atoms with Gasteiger partial charge in [0.15, 0.2) is 17.5 Å². The Labute approximate surface area is 120 Å². The fourth-order valence-electron chi connectivity index (χ4n) is 2.19. The molecule has 0 aliphatic carbocycles. The van der Waals surface area contributed by atoms with Crippen molar-refractivity contribution >= 4 is 11.6 Å². The highest BCUT2D eigenvalue weighted by atomic mass is 19.2. The van der Waals surface area contributed by atoms with E-state index in [1.807, 2.05) is 6.92 Å². The van der Waals surface area contributed by atoms with Gasteiger partial charge in [-0.05, 0) is 25.1 Å². The highest BCUT2D eigenvalue weighted by Crippen LogP contribution is 2.22. The molecule has 0 saturated carbocycles. The van der Waals surface area contributed by atoms with E-state index >= 15 is 0 Å². The molecular weight excluding hydrogens is 285 g/mol. The van der Waals surface area contributed by atoms with E-state index in [1.165, 1.54) is 0 Å². The molecule has 0 bridgehead atoms. The van der Waals surface area contributed by atoms with Crippen LogP contribution in [0.25, 0.3) is 0 Å². The van der Waals surface area contributed by atoms with Gasteiger partial charge in [0.05, 0.1) is 24.8 Å². The van der Waals surface area contributed by atoms with Crippen molar-refractivity contribution in [1.29, 1.82) is 0 Å². The standard InChI is InChI=1S/C14H17F3N2O2/c1-2-5-18-11-7-21-6-8(11)14(20)19-10-4-3-9(15)12(16)13(10)17/h3-4,8,11,18H,2,5-7H2,1H3,(H,19,20). The zero-order valence-corrected chi connectivity index (χ0v) is 11.6. The van der Waals surface area contributed by atoms with Gasteiger partial charge < -0.3 is 15.4 Å². The average Bonchev–Trinajstić information content (AvgIpc) is 2.94. The molecule has 1 heterocycles. The van der Waals surface area contributed by atoms with E-state index in [4.69, 9.17) is 4.74 Å². The van der Waals surface area contributed by atoms with Crippen LogP contribution in [0.5, 0.6) is 0 Å². The fraction of sp³-hybridized carbons (Fsp3) is 0.500. The van der Waals surface area contributed by atoms with Gasteiger partial charge in [-0.2, -0.15) is 0 Å². The third kappa shape index (κ3) is 3.54. The number of ether oxygens (including phenoxy) is 1. The Balaban J connectivity index is 2.05. The number of rotatable bonds is 5. The van der Waals surface area contributed by atoms with Gasteiger partial charge in [0.2, 0.25) is 5.91 Å². The normalized spacial score (nSPS) is 21.5. The molecule has 1 aliphatic rings. The average molecular weight is 302 g/mol. The first-order chi connectivity index (χ1) is 10.0. The van der Waals surface area contributed by atoms with Gasteiger partial charge in [-0.15, -0.1) is 0 Å². The molecule has 116 valence electrons. The number of carbonyl (C=O) groups excluding carboxylic acids is 1. The van der Waals surface area contributed by atoms with Crippen LogP contribution in [0.3, 0.4) is 0 Å². The molecule has 0 spiro atoms. The van der Waals surface area contributed by atoms with Crippen LogP contribution in [0.15, 0.2) is 12.1 Å². The van der Waals surface area contributed by atoms with Crippen LogP contribution >= 0.6 is 0 Å². The molecule has 2 unspecified atom stereocenters. The summed E-state index contributed by atoms with van der Waals surface area (Å²) >= 11 is 0. The van der Waals surface area contributed by atoms with Crippen LogP contribution < -0.4 is 10.6 Å². The maximum Gasteiger partial charge on any atom is 0.231 e.